The van der Waals surface area contributed by atoms with E-state index in [1.54, 1.807) is 0 Å². The molecule has 0 bridgehead atoms. The Hall–Kier alpha value is -0.650. The summed E-state index contributed by atoms with van der Waals surface area (Å²) in [6.07, 6.45) is 6.37. The molecule has 5 atom stereocenters. The molecule has 4 aliphatic rings. The maximum atomic E-state index is 11.8. The number of nitrogens with zero attached hydrogens (tertiary/aromatic N) is 1. The number of likely N-dealkylation sites (tertiary alicyclic amines) is 1. The van der Waals surface area contributed by atoms with Gasteiger partial charge in [0.1, 0.15) is 6.04 Å². The Bertz CT molecular complexity index is 421. The van der Waals surface area contributed by atoms with Crippen LogP contribution in [-0.2, 0) is 14.3 Å². The number of hydrogen-bond donors (Lipinski definition) is 1. The zero-order valence-corrected chi connectivity index (χ0v) is 12.5. The van der Waals surface area contributed by atoms with Crippen molar-refractivity contribution < 1.29 is 19.4 Å². The molecule has 3 heterocycles. The number of aliphatic carboxylic acids is 1. The maximum Gasteiger partial charge on any atom is 0.321 e. The molecule has 4 rings (SSSR count). The molecule has 1 N–H and O–H groups in total. The molecule has 0 aromatic rings. The lowest BCUT2D eigenvalue weighted by Gasteiger charge is -2.42. The van der Waals surface area contributed by atoms with E-state index in [4.69, 9.17) is 9.47 Å². The third-order valence-electron chi connectivity index (χ3n) is 6.18. The van der Waals surface area contributed by atoms with Crippen LogP contribution in [0.3, 0.4) is 0 Å². The summed E-state index contributed by atoms with van der Waals surface area (Å²) in [5.74, 6) is 0.360. The fraction of sp³-hybridized carbons (Fsp3) is 0.938. The standard InChI is InChI=1S/C16H25NO4/c18-15(19)14-13-3-1-2-11(13)9-17(14)12-4-6-21-16(8-12)5-7-20-10-16/h11-14H,1-10H2,(H,18,19). The first kappa shape index (κ1) is 14.0. The van der Waals surface area contributed by atoms with Crippen molar-refractivity contribution in [3.05, 3.63) is 0 Å². The number of carboxylic acids is 1. The van der Waals surface area contributed by atoms with Crippen molar-refractivity contribution in [3.8, 4) is 0 Å². The Kier molecular flexibility index (Phi) is 3.47. The predicted molar refractivity (Wildman–Crippen MR) is 76.1 cm³/mol. The summed E-state index contributed by atoms with van der Waals surface area (Å²) in [6.45, 7) is 3.18. The highest BCUT2D eigenvalue weighted by molar-refractivity contribution is 5.74. The van der Waals surface area contributed by atoms with Gasteiger partial charge in [0.2, 0.25) is 0 Å². The number of hydrogen-bond acceptors (Lipinski definition) is 4. The fourth-order valence-corrected chi connectivity index (χ4v) is 5.19. The molecule has 118 valence electrons. The smallest absolute Gasteiger partial charge is 0.321 e. The largest absolute Gasteiger partial charge is 0.480 e. The van der Waals surface area contributed by atoms with Gasteiger partial charge in [-0.05, 0) is 37.5 Å². The Morgan fingerprint density at radius 3 is 2.90 bits per heavy atom. The lowest BCUT2D eigenvalue weighted by Crippen LogP contribution is -2.53. The molecule has 1 spiro atoms. The van der Waals surface area contributed by atoms with E-state index >= 15 is 0 Å². The highest BCUT2D eigenvalue weighted by Crippen LogP contribution is 2.45. The lowest BCUT2D eigenvalue weighted by molar-refractivity contribution is -0.148. The van der Waals surface area contributed by atoms with E-state index in [1.165, 1.54) is 12.8 Å². The van der Waals surface area contributed by atoms with E-state index < -0.39 is 5.97 Å². The highest BCUT2D eigenvalue weighted by atomic mass is 16.6. The average Bonchev–Trinajstić information content (AvgIpc) is 3.13. The van der Waals surface area contributed by atoms with Crippen LogP contribution in [0.5, 0.6) is 0 Å². The highest BCUT2D eigenvalue weighted by Gasteiger charge is 2.52. The molecule has 3 aliphatic heterocycles. The van der Waals surface area contributed by atoms with Crippen LogP contribution in [0, 0.1) is 11.8 Å². The summed E-state index contributed by atoms with van der Waals surface area (Å²) in [5, 5.41) is 9.72. The molecule has 4 fully saturated rings. The summed E-state index contributed by atoms with van der Waals surface area (Å²) in [5.41, 5.74) is -0.135. The zero-order valence-electron chi connectivity index (χ0n) is 12.5. The molecule has 5 unspecified atom stereocenters. The molecule has 5 heteroatoms. The van der Waals surface area contributed by atoms with E-state index in [9.17, 15) is 9.90 Å². The molecular weight excluding hydrogens is 270 g/mol. The molecule has 5 nitrogen and oxygen atoms in total. The topological polar surface area (TPSA) is 59.0 Å². The molecule has 0 amide bonds. The number of rotatable bonds is 2. The van der Waals surface area contributed by atoms with E-state index in [1.807, 2.05) is 0 Å². The lowest BCUT2D eigenvalue weighted by atomic mass is 9.88. The SMILES string of the molecule is O=C(O)C1C2CCCC2CN1C1CCOC2(CCOC2)C1. The number of carboxylic acid groups (broad SMARTS) is 1. The van der Waals surface area contributed by atoms with Crippen LogP contribution in [0.25, 0.3) is 0 Å². The van der Waals surface area contributed by atoms with Crippen LogP contribution < -0.4 is 0 Å². The predicted octanol–water partition coefficient (Wildman–Crippen LogP) is 1.51. The average molecular weight is 295 g/mol. The summed E-state index contributed by atoms with van der Waals surface area (Å²) in [4.78, 5) is 14.1. The normalized spacial score (nSPS) is 47.0. The van der Waals surface area contributed by atoms with Gasteiger partial charge in [-0.15, -0.1) is 0 Å². The van der Waals surface area contributed by atoms with Crippen LogP contribution >= 0.6 is 0 Å². The van der Waals surface area contributed by atoms with Crippen molar-refractivity contribution >= 4 is 5.97 Å². The second-order valence-electron chi connectivity index (χ2n) is 7.32. The molecule has 21 heavy (non-hydrogen) atoms. The molecule has 3 saturated heterocycles. The van der Waals surface area contributed by atoms with E-state index in [2.05, 4.69) is 4.90 Å². The van der Waals surface area contributed by atoms with Crippen LogP contribution in [0.2, 0.25) is 0 Å². The molecule has 0 radical (unpaired) electrons. The van der Waals surface area contributed by atoms with E-state index in [-0.39, 0.29) is 11.6 Å². The first-order valence-electron chi connectivity index (χ1n) is 8.39. The summed E-state index contributed by atoms with van der Waals surface area (Å²) in [7, 11) is 0. The number of fused-ring (bicyclic) bond motifs is 1. The van der Waals surface area contributed by atoms with Crippen LogP contribution in [0.1, 0.15) is 38.5 Å². The van der Waals surface area contributed by atoms with Gasteiger partial charge in [0, 0.05) is 32.2 Å². The van der Waals surface area contributed by atoms with E-state index in [0.717, 1.165) is 45.4 Å². The molecule has 1 saturated carbocycles. The van der Waals surface area contributed by atoms with Crippen LogP contribution in [0.4, 0.5) is 0 Å². The monoisotopic (exact) mass is 295 g/mol. The van der Waals surface area contributed by atoms with Gasteiger partial charge in [0.25, 0.3) is 0 Å². The second kappa shape index (κ2) is 5.21. The van der Waals surface area contributed by atoms with Crippen molar-refractivity contribution in [2.45, 2.75) is 56.2 Å². The Morgan fingerprint density at radius 1 is 1.24 bits per heavy atom. The summed E-state index contributed by atoms with van der Waals surface area (Å²) < 4.78 is 11.5. The van der Waals surface area contributed by atoms with E-state index in [0.29, 0.717) is 24.5 Å². The van der Waals surface area contributed by atoms with Gasteiger partial charge < -0.3 is 14.6 Å². The van der Waals surface area contributed by atoms with Crippen molar-refractivity contribution in [2.24, 2.45) is 11.8 Å². The molecule has 0 aromatic heterocycles. The number of carbonyl (C=O) groups is 1. The van der Waals surface area contributed by atoms with Gasteiger partial charge in [0.15, 0.2) is 0 Å². The van der Waals surface area contributed by atoms with Gasteiger partial charge in [0.05, 0.1) is 12.2 Å². The summed E-state index contributed by atoms with van der Waals surface area (Å²) >= 11 is 0. The van der Waals surface area contributed by atoms with Gasteiger partial charge in [-0.1, -0.05) is 6.42 Å². The molecular formula is C16H25NO4. The van der Waals surface area contributed by atoms with Gasteiger partial charge >= 0.3 is 5.97 Å². The second-order valence-corrected chi connectivity index (χ2v) is 7.32. The Labute approximate surface area is 125 Å². The minimum atomic E-state index is -0.618. The Morgan fingerprint density at radius 2 is 2.14 bits per heavy atom. The fourth-order valence-electron chi connectivity index (χ4n) is 5.19. The quantitative estimate of drug-likeness (QED) is 0.837. The van der Waals surface area contributed by atoms with Crippen LogP contribution in [0.15, 0.2) is 0 Å². The minimum absolute atomic E-state index is 0.135. The van der Waals surface area contributed by atoms with Gasteiger partial charge in [-0.3, -0.25) is 9.69 Å². The number of ether oxygens (including phenoxy) is 2. The minimum Gasteiger partial charge on any atom is -0.480 e. The van der Waals surface area contributed by atoms with Crippen molar-refractivity contribution in [3.63, 3.8) is 0 Å². The van der Waals surface area contributed by atoms with Gasteiger partial charge in [-0.2, -0.15) is 0 Å². The summed E-state index contributed by atoms with van der Waals surface area (Å²) in [6, 6.07) is 0.0899. The molecule has 1 aliphatic carbocycles. The molecule has 0 aromatic carbocycles. The van der Waals surface area contributed by atoms with Crippen LogP contribution in [-0.4, -0.2) is 60.0 Å². The Balaban J connectivity index is 1.53. The first-order valence-corrected chi connectivity index (χ1v) is 8.39. The van der Waals surface area contributed by atoms with Gasteiger partial charge in [-0.25, -0.2) is 0 Å². The zero-order chi connectivity index (χ0) is 14.4. The van der Waals surface area contributed by atoms with Crippen molar-refractivity contribution in [2.75, 3.05) is 26.4 Å². The van der Waals surface area contributed by atoms with Crippen molar-refractivity contribution in [1.82, 2.24) is 4.90 Å². The maximum absolute atomic E-state index is 11.8. The first-order chi connectivity index (χ1) is 10.2. The third kappa shape index (κ3) is 2.30. The van der Waals surface area contributed by atoms with Crippen molar-refractivity contribution in [1.29, 1.82) is 0 Å². The third-order valence-corrected chi connectivity index (χ3v) is 6.18.